The summed E-state index contributed by atoms with van der Waals surface area (Å²) >= 11 is 0. The summed E-state index contributed by atoms with van der Waals surface area (Å²) in [4.78, 5) is 13.0. The first-order valence-electron chi connectivity index (χ1n) is 5.90. The first-order valence-corrected chi connectivity index (χ1v) is 5.90. The maximum absolute atomic E-state index is 10.9. The number of carboxylic acids is 1. The molecule has 0 unspecified atom stereocenters. The summed E-state index contributed by atoms with van der Waals surface area (Å²) in [6.07, 6.45) is 0. The van der Waals surface area contributed by atoms with Crippen molar-refractivity contribution in [3.05, 3.63) is 23.8 Å². The van der Waals surface area contributed by atoms with Gasteiger partial charge in [-0.25, -0.2) is 4.79 Å². The highest BCUT2D eigenvalue weighted by molar-refractivity contribution is 5.90. The van der Waals surface area contributed by atoms with E-state index in [9.17, 15) is 4.79 Å². The van der Waals surface area contributed by atoms with Crippen LogP contribution in [0.3, 0.4) is 0 Å². The summed E-state index contributed by atoms with van der Waals surface area (Å²) in [5, 5.41) is 8.92. The van der Waals surface area contributed by atoms with Gasteiger partial charge in [0.1, 0.15) is 0 Å². The third-order valence-electron chi connectivity index (χ3n) is 3.21. The van der Waals surface area contributed by atoms with Crippen molar-refractivity contribution in [2.75, 3.05) is 30.4 Å². The number of ether oxygens (including phenoxy) is 1. The first kappa shape index (κ1) is 12.7. The molecule has 18 heavy (non-hydrogen) atoms. The summed E-state index contributed by atoms with van der Waals surface area (Å²) in [6, 6.07) is 4.86. The van der Waals surface area contributed by atoms with Crippen LogP contribution in [-0.2, 0) is 4.74 Å². The van der Waals surface area contributed by atoms with Crippen LogP contribution in [0, 0.1) is 0 Å². The molecule has 1 aromatic rings. The molecule has 0 spiro atoms. The van der Waals surface area contributed by atoms with Crippen LogP contribution in [0.5, 0.6) is 0 Å². The molecule has 0 bridgehead atoms. The molecule has 1 aromatic carbocycles. The van der Waals surface area contributed by atoms with Crippen molar-refractivity contribution in [1.82, 2.24) is 0 Å². The van der Waals surface area contributed by atoms with E-state index < -0.39 is 5.97 Å². The Labute approximate surface area is 106 Å². The van der Waals surface area contributed by atoms with E-state index in [-0.39, 0.29) is 11.1 Å². The van der Waals surface area contributed by atoms with Gasteiger partial charge in [0, 0.05) is 6.54 Å². The molecule has 2 rings (SSSR count). The fourth-order valence-corrected chi connectivity index (χ4v) is 2.24. The molecule has 1 saturated heterocycles. The van der Waals surface area contributed by atoms with Gasteiger partial charge >= 0.3 is 5.97 Å². The minimum atomic E-state index is -0.963. The molecule has 5 heteroatoms. The van der Waals surface area contributed by atoms with Crippen LogP contribution in [0.2, 0.25) is 0 Å². The fourth-order valence-electron chi connectivity index (χ4n) is 2.24. The maximum atomic E-state index is 10.9. The fraction of sp³-hybridized carbons (Fsp3) is 0.462. The SMILES string of the molecule is CC1(C)COCCN1c1ccc(C(=O)O)cc1N. The lowest BCUT2D eigenvalue weighted by molar-refractivity contribution is 0.0644. The highest BCUT2D eigenvalue weighted by Crippen LogP contribution is 2.32. The summed E-state index contributed by atoms with van der Waals surface area (Å²) in [5.41, 5.74) is 7.39. The second-order valence-electron chi connectivity index (χ2n) is 5.10. The van der Waals surface area contributed by atoms with Gasteiger partial charge < -0.3 is 20.5 Å². The molecule has 0 aromatic heterocycles. The van der Waals surface area contributed by atoms with E-state index in [1.54, 1.807) is 12.1 Å². The van der Waals surface area contributed by atoms with Crippen molar-refractivity contribution in [2.24, 2.45) is 0 Å². The van der Waals surface area contributed by atoms with Crippen LogP contribution in [0.4, 0.5) is 11.4 Å². The number of nitrogens with zero attached hydrogens (tertiary/aromatic N) is 1. The standard InChI is InChI=1S/C13H18N2O3/c1-13(2)8-18-6-5-15(13)11-4-3-9(12(16)17)7-10(11)14/h3-4,7H,5-6,8,14H2,1-2H3,(H,16,17). The number of nitrogens with two attached hydrogens (primary N) is 1. The Morgan fingerprint density at radius 2 is 2.22 bits per heavy atom. The second-order valence-corrected chi connectivity index (χ2v) is 5.10. The average molecular weight is 250 g/mol. The molecule has 98 valence electrons. The Kier molecular flexibility index (Phi) is 3.17. The topological polar surface area (TPSA) is 75.8 Å². The molecule has 0 aliphatic carbocycles. The van der Waals surface area contributed by atoms with Crippen molar-refractivity contribution in [2.45, 2.75) is 19.4 Å². The van der Waals surface area contributed by atoms with Crippen LogP contribution in [-0.4, -0.2) is 36.4 Å². The summed E-state index contributed by atoms with van der Waals surface area (Å²) in [6.45, 7) is 6.20. The number of hydrogen-bond acceptors (Lipinski definition) is 4. The smallest absolute Gasteiger partial charge is 0.335 e. The zero-order valence-electron chi connectivity index (χ0n) is 10.6. The van der Waals surface area contributed by atoms with Crippen molar-refractivity contribution >= 4 is 17.3 Å². The quantitative estimate of drug-likeness (QED) is 0.779. The minimum absolute atomic E-state index is 0.142. The maximum Gasteiger partial charge on any atom is 0.335 e. The largest absolute Gasteiger partial charge is 0.478 e. The van der Waals surface area contributed by atoms with Gasteiger partial charge in [-0.1, -0.05) is 0 Å². The Morgan fingerprint density at radius 3 is 2.78 bits per heavy atom. The van der Waals surface area contributed by atoms with E-state index in [0.717, 1.165) is 12.2 Å². The van der Waals surface area contributed by atoms with Gasteiger partial charge in [0.05, 0.1) is 35.7 Å². The number of hydrogen-bond donors (Lipinski definition) is 2. The van der Waals surface area contributed by atoms with E-state index in [1.165, 1.54) is 6.07 Å². The van der Waals surface area contributed by atoms with Gasteiger partial charge in [-0.05, 0) is 32.0 Å². The van der Waals surface area contributed by atoms with E-state index in [4.69, 9.17) is 15.6 Å². The van der Waals surface area contributed by atoms with Crippen LogP contribution in [0.15, 0.2) is 18.2 Å². The number of aromatic carboxylic acids is 1. The van der Waals surface area contributed by atoms with Crippen LogP contribution in [0.1, 0.15) is 24.2 Å². The number of anilines is 2. The predicted octanol–water partition coefficient (Wildman–Crippen LogP) is 1.58. The summed E-state index contributed by atoms with van der Waals surface area (Å²) in [5.74, 6) is -0.963. The van der Waals surface area contributed by atoms with Gasteiger partial charge in [-0.2, -0.15) is 0 Å². The monoisotopic (exact) mass is 250 g/mol. The molecule has 5 nitrogen and oxygen atoms in total. The molecule has 1 aliphatic rings. The third-order valence-corrected chi connectivity index (χ3v) is 3.21. The van der Waals surface area contributed by atoms with Crippen molar-refractivity contribution in [1.29, 1.82) is 0 Å². The van der Waals surface area contributed by atoms with Crippen molar-refractivity contribution < 1.29 is 14.6 Å². The van der Waals surface area contributed by atoms with E-state index in [2.05, 4.69) is 18.7 Å². The third kappa shape index (κ3) is 2.26. The summed E-state index contributed by atoms with van der Waals surface area (Å²) in [7, 11) is 0. The van der Waals surface area contributed by atoms with E-state index >= 15 is 0 Å². The lowest BCUT2D eigenvalue weighted by Crippen LogP contribution is -2.53. The number of morpholine rings is 1. The van der Waals surface area contributed by atoms with E-state index in [0.29, 0.717) is 18.9 Å². The van der Waals surface area contributed by atoms with Crippen LogP contribution in [0.25, 0.3) is 0 Å². The van der Waals surface area contributed by atoms with Crippen molar-refractivity contribution in [3.63, 3.8) is 0 Å². The Balaban J connectivity index is 2.36. The molecule has 1 heterocycles. The zero-order chi connectivity index (χ0) is 13.3. The number of nitrogen functional groups attached to an aromatic ring is 1. The van der Waals surface area contributed by atoms with Crippen LogP contribution < -0.4 is 10.6 Å². The molecule has 1 aliphatic heterocycles. The lowest BCUT2D eigenvalue weighted by Gasteiger charge is -2.44. The van der Waals surface area contributed by atoms with Gasteiger partial charge in [0.2, 0.25) is 0 Å². The van der Waals surface area contributed by atoms with E-state index in [1.807, 2.05) is 0 Å². The Bertz CT molecular complexity index is 471. The molecular weight excluding hydrogens is 232 g/mol. The average Bonchev–Trinajstić information content (AvgIpc) is 2.29. The van der Waals surface area contributed by atoms with Gasteiger partial charge in [0.25, 0.3) is 0 Å². The molecule has 0 amide bonds. The van der Waals surface area contributed by atoms with Gasteiger partial charge in [-0.15, -0.1) is 0 Å². The lowest BCUT2D eigenvalue weighted by atomic mass is 10.0. The number of rotatable bonds is 2. The molecule has 0 atom stereocenters. The molecule has 0 radical (unpaired) electrons. The minimum Gasteiger partial charge on any atom is -0.478 e. The summed E-state index contributed by atoms with van der Waals surface area (Å²) < 4.78 is 5.46. The number of carboxylic acid groups (broad SMARTS) is 1. The van der Waals surface area contributed by atoms with Crippen molar-refractivity contribution in [3.8, 4) is 0 Å². The highest BCUT2D eigenvalue weighted by Gasteiger charge is 2.31. The number of benzene rings is 1. The Morgan fingerprint density at radius 1 is 1.50 bits per heavy atom. The highest BCUT2D eigenvalue weighted by atomic mass is 16.5. The number of carbonyl (C=O) groups is 1. The van der Waals surface area contributed by atoms with Gasteiger partial charge in [-0.3, -0.25) is 0 Å². The molecule has 1 fully saturated rings. The zero-order valence-corrected chi connectivity index (χ0v) is 10.6. The second kappa shape index (κ2) is 4.49. The van der Waals surface area contributed by atoms with Crippen LogP contribution >= 0.6 is 0 Å². The van der Waals surface area contributed by atoms with Gasteiger partial charge in [0.15, 0.2) is 0 Å². The molecule has 3 N–H and O–H groups in total. The first-order chi connectivity index (χ1) is 8.42. The molecular formula is C13H18N2O3. The predicted molar refractivity (Wildman–Crippen MR) is 70.1 cm³/mol. The normalized spacial score (nSPS) is 18.7. The molecule has 0 saturated carbocycles. The Hall–Kier alpha value is -1.75.